The molecule has 10 nitrogen and oxygen atoms in total. The number of carbonyl (C=O) groups is 4. The minimum atomic E-state index is -1.42. The number of hydrogen-bond donors (Lipinski definition) is 2. The van der Waals surface area contributed by atoms with E-state index >= 15 is 0 Å². The Kier molecular flexibility index (Phi) is 9.36. The number of benzene rings is 1. The van der Waals surface area contributed by atoms with E-state index < -0.39 is 59.6 Å². The van der Waals surface area contributed by atoms with Crippen LogP contribution in [0, 0.1) is 11.8 Å². The summed E-state index contributed by atoms with van der Waals surface area (Å²) >= 11 is 0. The van der Waals surface area contributed by atoms with Gasteiger partial charge in [0, 0.05) is 19.5 Å². The van der Waals surface area contributed by atoms with Gasteiger partial charge in [0.25, 0.3) is 0 Å². The van der Waals surface area contributed by atoms with Crippen molar-refractivity contribution in [2.24, 2.45) is 11.8 Å². The number of esters is 1. The Morgan fingerprint density at radius 2 is 1.86 bits per heavy atom. The molecule has 4 aliphatic heterocycles. The van der Waals surface area contributed by atoms with Gasteiger partial charge in [0.15, 0.2) is 0 Å². The summed E-state index contributed by atoms with van der Waals surface area (Å²) in [5.74, 6) is -3.55. The number of amides is 3. The Labute approximate surface area is 253 Å². The summed E-state index contributed by atoms with van der Waals surface area (Å²) in [4.78, 5) is 58.7. The molecule has 4 aliphatic rings. The second-order valence-electron chi connectivity index (χ2n) is 12.1. The van der Waals surface area contributed by atoms with E-state index in [1.165, 1.54) is 4.90 Å². The van der Waals surface area contributed by atoms with Gasteiger partial charge in [-0.25, -0.2) is 0 Å². The fourth-order valence-corrected chi connectivity index (χ4v) is 7.01. The summed E-state index contributed by atoms with van der Waals surface area (Å²) in [7, 11) is 0. The van der Waals surface area contributed by atoms with E-state index in [0.717, 1.165) is 19.3 Å². The molecule has 5 rings (SSSR count). The zero-order valence-corrected chi connectivity index (χ0v) is 25.2. The quantitative estimate of drug-likeness (QED) is 0.283. The molecule has 0 radical (unpaired) electrons. The number of fused-ring (bicyclic) bond motifs is 2. The van der Waals surface area contributed by atoms with Crippen molar-refractivity contribution in [3.63, 3.8) is 0 Å². The Bertz CT molecular complexity index is 1270. The second kappa shape index (κ2) is 13.0. The molecule has 1 spiro atoms. The Morgan fingerprint density at radius 3 is 2.58 bits per heavy atom. The van der Waals surface area contributed by atoms with Gasteiger partial charge in [-0.15, -0.1) is 0 Å². The van der Waals surface area contributed by atoms with Crippen LogP contribution in [0.2, 0.25) is 0 Å². The summed E-state index contributed by atoms with van der Waals surface area (Å²) in [6.07, 6.45) is 8.95. The first-order chi connectivity index (χ1) is 20.7. The largest absolute Gasteiger partial charge is 0.455 e. The second-order valence-corrected chi connectivity index (χ2v) is 12.1. The molecule has 43 heavy (non-hydrogen) atoms. The number of aliphatic hydroxyl groups excluding tert-OH is 1. The normalized spacial score (nSPS) is 34.2. The SMILES string of the molecule is CCCCCN1CC=C[C@@]23O[C@H]4/C=C\CCC(=O)N[C@@H](C)[C@H](c5ccccc5)OC(=O)[C@H]4[C@@H]2C(=O)N([C@H](C)CO)[C@H]3C1=O. The molecule has 1 aromatic rings. The highest BCUT2D eigenvalue weighted by atomic mass is 16.6. The Hall–Kier alpha value is -3.50. The summed E-state index contributed by atoms with van der Waals surface area (Å²) in [6, 6.07) is 6.94. The van der Waals surface area contributed by atoms with Crippen LogP contribution in [0.4, 0.5) is 0 Å². The topological polar surface area (TPSA) is 125 Å². The lowest BCUT2D eigenvalue weighted by atomic mass is 9.77. The molecule has 8 atom stereocenters. The van der Waals surface area contributed by atoms with Gasteiger partial charge < -0.3 is 29.7 Å². The smallest absolute Gasteiger partial charge is 0.313 e. The first-order valence-electron chi connectivity index (χ1n) is 15.5. The van der Waals surface area contributed by atoms with Crippen LogP contribution in [0.3, 0.4) is 0 Å². The number of carbonyl (C=O) groups excluding carboxylic acids is 4. The molecule has 1 aromatic carbocycles. The third kappa shape index (κ3) is 5.74. The van der Waals surface area contributed by atoms with Crippen LogP contribution in [0.15, 0.2) is 54.6 Å². The molecule has 0 bridgehead atoms. The number of allylic oxidation sites excluding steroid dienone is 1. The molecule has 4 heterocycles. The van der Waals surface area contributed by atoms with Gasteiger partial charge in [-0.1, -0.05) is 74.4 Å². The van der Waals surface area contributed by atoms with Gasteiger partial charge in [0.2, 0.25) is 17.7 Å². The summed E-state index contributed by atoms with van der Waals surface area (Å²) in [6.45, 7) is 6.14. The van der Waals surface area contributed by atoms with Crippen LogP contribution < -0.4 is 5.32 Å². The van der Waals surface area contributed by atoms with Crippen molar-refractivity contribution >= 4 is 23.7 Å². The number of aliphatic hydroxyl groups is 1. The first kappa shape index (κ1) is 30.9. The maximum Gasteiger partial charge on any atom is 0.313 e. The number of ether oxygens (including phenoxy) is 2. The molecular weight excluding hydrogens is 550 g/mol. The molecule has 0 unspecified atom stereocenters. The lowest BCUT2D eigenvalue weighted by molar-refractivity contribution is -0.162. The predicted molar refractivity (Wildman–Crippen MR) is 158 cm³/mol. The molecule has 0 aliphatic carbocycles. The van der Waals surface area contributed by atoms with Gasteiger partial charge in [0.1, 0.15) is 23.7 Å². The van der Waals surface area contributed by atoms with Gasteiger partial charge in [-0.3, -0.25) is 19.2 Å². The van der Waals surface area contributed by atoms with Crippen LogP contribution in [-0.2, 0) is 28.7 Å². The van der Waals surface area contributed by atoms with E-state index in [1.807, 2.05) is 36.4 Å². The predicted octanol–water partition coefficient (Wildman–Crippen LogP) is 2.68. The fourth-order valence-electron chi connectivity index (χ4n) is 7.01. The molecule has 2 N–H and O–H groups in total. The minimum absolute atomic E-state index is 0.168. The molecular formula is C33H43N3O7. The maximum absolute atomic E-state index is 14.3. The number of likely N-dealkylation sites (tertiary alicyclic amines) is 1. The van der Waals surface area contributed by atoms with Crippen LogP contribution in [0.25, 0.3) is 0 Å². The Morgan fingerprint density at radius 1 is 1.09 bits per heavy atom. The van der Waals surface area contributed by atoms with Crippen molar-refractivity contribution in [2.75, 3.05) is 19.7 Å². The number of nitrogens with one attached hydrogen (secondary N) is 1. The number of cyclic esters (lactones) is 1. The molecule has 3 amide bonds. The average molecular weight is 594 g/mol. The van der Waals surface area contributed by atoms with Crippen LogP contribution in [0.5, 0.6) is 0 Å². The Balaban J connectivity index is 1.58. The average Bonchev–Trinajstić information content (AvgIpc) is 3.39. The van der Waals surface area contributed by atoms with Crippen molar-refractivity contribution < 1.29 is 33.8 Å². The van der Waals surface area contributed by atoms with E-state index in [1.54, 1.807) is 37.0 Å². The van der Waals surface area contributed by atoms with Crippen molar-refractivity contribution in [2.45, 2.75) is 88.8 Å². The van der Waals surface area contributed by atoms with E-state index in [9.17, 15) is 24.3 Å². The highest BCUT2D eigenvalue weighted by Crippen LogP contribution is 2.53. The molecule has 10 heteroatoms. The van der Waals surface area contributed by atoms with Gasteiger partial charge >= 0.3 is 5.97 Å². The molecule has 0 aromatic heterocycles. The molecule has 2 saturated heterocycles. The third-order valence-electron chi connectivity index (χ3n) is 9.14. The van der Waals surface area contributed by atoms with E-state index in [4.69, 9.17) is 9.47 Å². The van der Waals surface area contributed by atoms with Crippen LogP contribution in [0.1, 0.15) is 64.5 Å². The molecule has 2 fully saturated rings. The van der Waals surface area contributed by atoms with Gasteiger partial charge in [-0.05, 0) is 32.3 Å². The van der Waals surface area contributed by atoms with Crippen LogP contribution >= 0.6 is 0 Å². The molecule has 232 valence electrons. The van der Waals surface area contributed by atoms with Crippen molar-refractivity contribution in [3.8, 4) is 0 Å². The lowest BCUT2D eigenvalue weighted by Gasteiger charge is -2.37. The minimum Gasteiger partial charge on any atom is -0.455 e. The number of hydrogen-bond acceptors (Lipinski definition) is 7. The zero-order valence-electron chi connectivity index (χ0n) is 25.2. The maximum atomic E-state index is 14.3. The highest BCUT2D eigenvalue weighted by Gasteiger charge is 2.72. The standard InChI is InChI=1S/C33H43N3O7/c1-4-5-11-18-35-19-12-17-33-27(30(39)36(21(2)20-37)29(33)31(35)40)26-24(43-33)15-9-10-16-25(38)34-22(3)28(42-32(26)41)23-13-7-6-8-14-23/h6-9,12-15,17,21-22,24,26-29,37H,4-5,10-11,16,18-20H2,1-3H3,(H,34,38)/b15-9-/t21-,22+,24+,26-,27-,28-,29+,33-/m1/s1. The van der Waals surface area contributed by atoms with E-state index in [2.05, 4.69) is 12.2 Å². The summed E-state index contributed by atoms with van der Waals surface area (Å²) < 4.78 is 12.9. The van der Waals surface area contributed by atoms with Crippen LogP contribution in [-0.4, -0.2) is 88.1 Å². The fraction of sp³-hybridized carbons (Fsp3) is 0.576. The van der Waals surface area contributed by atoms with E-state index in [-0.39, 0.29) is 24.8 Å². The lowest BCUT2D eigenvalue weighted by Crippen LogP contribution is -2.57. The first-order valence-corrected chi connectivity index (χ1v) is 15.5. The summed E-state index contributed by atoms with van der Waals surface area (Å²) in [5.41, 5.74) is -0.711. The van der Waals surface area contributed by atoms with Crippen molar-refractivity contribution in [1.82, 2.24) is 15.1 Å². The van der Waals surface area contributed by atoms with Crippen molar-refractivity contribution in [3.05, 3.63) is 60.2 Å². The van der Waals surface area contributed by atoms with Crippen molar-refractivity contribution in [1.29, 1.82) is 0 Å². The van der Waals surface area contributed by atoms with Gasteiger partial charge in [0.05, 0.1) is 30.7 Å². The third-order valence-corrected chi connectivity index (χ3v) is 9.14. The van der Waals surface area contributed by atoms with E-state index in [0.29, 0.717) is 25.1 Å². The highest BCUT2D eigenvalue weighted by molar-refractivity contribution is 5.99. The monoisotopic (exact) mass is 593 g/mol. The summed E-state index contributed by atoms with van der Waals surface area (Å²) in [5, 5.41) is 13.1. The number of nitrogens with zero attached hydrogens (tertiary/aromatic N) is 2. The number of rotatable bonds is 7. The zero-order chi connectivity index (χ0) is 30.7. The van der Waals surface area contributed by atoms with Gasteiger partial charge in [-0.2, -0.15) is 0 Å². The molecule has 0 saturated carbocycles. The number of unbranched alkanes of at least 4 members (excludes halogenated alkanes) is 2.